The average molecular weight is 443 g/mol. The number of anilines is 2. The molecule has 0 heterocycles. The third-order valence-corrected chi connectivity index (χ3v) is 6.01. The molecule has 0 aliphatic carbocycles. The van der Waals surface area contributed by atoms with Crippen LogP contribution in [-0.2, 0) is 14.8 Å². The molecule has 0 saturated heterocycles. The Kier molecular flexibility index (Phi) is 7.02. The van der Waals surface area contributed by atoms with Gasteiger partial charge in [-0.2, -0.15) is 0 Å². The molecule has 3 aromatic carbocycles. The fraction of sp³-hybridized carbons (Fsp3) is 0.136. The van der Waals surface area contributed by atoms with Gasteiger partial charge in [-0.15, -0.1) is 11.8 Å². The quantitative estimate of drug-likeness (QED) is 0.516. The highest BCUT2D eigenvalue weighted by Crippen LogP contribution is 2.25. The van der Waals surface area contributed by atoms with Crippen LogP contribution >= 0.6 is 11.8 Å². The van der Waals surface area contributed by atoms with Gasteiger partial charge < -0.3 is 10.1 Å². The molecular formula is C22H22N2O4S2. The van der Waals surface area contributed by atoms with Gasteiger partial charge in [0.05, 0.1) is 11.9 Å². The van der Waals surface area contributed by atoms with Crippen molar-refractivity contribution in [3.8, 4) is 11.5 Å². The van der Waals surface area contributed by atoms with Gasteiger partial charge in [-0.1, -0.05) is 24.3 Å². The maximum absolute atomic E-state index is 12.5. The van der Waals surface area contributed by atoms with Gasteiger partial charge in [-0.3, -0.25) is 9.10 Å². The van der Waals surface area contributed by atoms with E-state index in [4.69, 9.17) is 4.74 Å². The van der Waals surface area contributed by atoms with Crippen molar-refractivity contribution in [3.63, 3.8) is 0 Å². The van der Waals surface area contributed by atoms with Gasteiger partial charge in [0.25, 0.3) is 0 Å². The first-order valence-corrected chi connectivity index (χ1v) is 12.2. The Bertz CT molecular complexity index is 1100. The minimum Gasteiger partial charge on any atom is -0.457 e. The maximum Gasteiger partial charge on any atom is 0.245 e. The number of benzene rings is 3. The molecule has 0 bridgehead atoms. The summed E-state index contributed by atoms with van der Waals surface area (Å²) in [5.74, 6) is 0.817. The summed E-state index contributed by atoms with van der Waals surface area (Å²) in [6.45, 7) is -0.332. The number of para-hydroxylation sites is 1. The Morgan fingerprint density at radius 3 is 2.27 bits per heavy atom. The number of thioether (sulfide) groups is 1. The Hall–Kier alpha value is -2.97. The van der Waals surface area contributed by atoms with Gasteiger partial charge in [0.2, 0.25) is 15.9 Å². The van der Waals surface area contributed by atoms with Crippen LogP contribution in [0.2, 0.25) is 0 Å². The molecule has 0 atom stereocenters. The highest BCUT2D eigenvalue weighted by Gasteiger charge is 2.21. The lowest BCUT2D eigenvalue weighted by atomic mass is 10.3. The first kappa shape index (κ1) is 21.7. The standard InChI is InChI=1S/C22H22N2O4S2/c1-29-21-10-6-7-17(15-21)23-22(25)16-24(30(2,26)27)18-11-13-20(14-12-18)28-19-8-4-3-5-9-19/h3-15H,16H2,1-2H3,(H,23,25). The second-order valence-corrected chi connectivity index (χ2v) is 9.25. The summed E-state index contributed by atoms with van der Waals surface area (Å²) in [7, 11) is -3.66. The van der Waals surface area contributed by atoms with Crippen LogP contribution in [0.5, 0.6) is 11.5 Å². The Labute approximate surface area is 180 Å². The molecule has 0 aliphatic rings. The van der Waals surface area contributed by atoms with Crippen molar-refractivity contribution in [2.75, 3.05) is 28.7 Å². The van der Waals surface area contributed by atoms with Crippen LogP contribution in [0.3, 0.4) is 0 Å². The number of ether oxygens (including phenoxy) is 1. The average Bonchev–Trinajstić information content (AvgIpc) is 2.73. The Morgan fingerprint density at radius 1 is 0.967 bits per heavy atom. The molecule has 0 fully saturated rings. The lowest BCUT2D eigenvalue weighted by molar-refractivity contribution is -0.114. The molecule has 1 amide bonds. The second kappa shape index (κ2) is 9.69. The number of hydrogen-bond acceptors (Lipinski definition) is 5. The summed E-state index contributed by atoms with van der Waals surface area (Å²) in [6, 6.07) is 23.2. The van der Waals surface area contributed by atoms with Crippen LogP contribution in [-0.4, -0.2) is 33.4 Å². The van der Waals surface area contributed by atoms with Gasteiger partial charge in [-0.05, 0) is 60.9 Å². The molecule has 1 N–H and O–H groups in total. The molecule has 0 unspecified atom stereocenters. The molecule has 0 aliphatic heterocycles. The van der Waals surface area contributed by atoms with E-state index in [1.165, 1.54) is 0 Å². The number of nitrogens with zero attached hydrogens (tertiary/aromatic N) is 1. The summed E-state index contributed by atoms with van der Waals surface area (Å²) < 4.78 is 31.4. The third-order valence-electron chi connectivity index (χ3n) is 4.14. The van der Waals surface area contributed by atoms with E-state index in [-0.39, 0.29) is 6.54 Å². The second-order valence-electron chi connectivity index (χ2n) is 6.46. The fourth-order valence-electron chi connectivity index (χ4n) is 2.74. The highest BCUT2D eigenvalue weighted by atomic mass is 32.2. The smallest absolute Gasteiger partial charge is 0.245 e. The van der Waals surface area contributed by atoms with Crippen molar-refractivity contribution in [1.29, 1.82) is 0 Å². The molecule has 0 saturated carbocycles. The maximum atomic E-state index is 12.5. The number of rotatable bonds is 8. The zero-order chi connectivity index (χ0) is 21.6. The van der Waals surface area contributed by atoms with E-state index in [1.807, 2.05) is 54.8 Å². The normalized spacial score (nSPS) is 11.0. The topological polar surface area (TPSA) is 75.7 Å². The minimum absolute atomic E-state index is 0.332. The van der Waals surface area contributed by atoms with Crippen LogP contribution in [0.1, 0.15) is 0 Å². The van der Waals surface area contributed by atoms with E-state index < -0.39 is 15.9 Å². The Balaban J connectivity index is 1.73. The van der Waals surface area contributed by atoms with Crippen LogP contribution in [0.25, 0.3) is 0 Å². The predicted molar refractivity (Wildman–Crippen MR) is 122 cm³/mol. The van der Waals surface area contributed by atoms with Crippen molar-refractivity contribution in [1.82, 2.24) is 0 Å². The first-order chi connectivity index (χ1) is 14.3. The van der Waals surface area contributed by atoms with Crippen LogP contribution in [0.4, 0.5) is 11.4 Å². The van der Waals surface area contributed by atoms with Gasteiger partial charge in [0.15, 0.2) is 0 Å². The lowest BCUT2D eigenvalue weighted by Crippen LogP contribution is -2.37. The van der Waals surface area contributed by atoms with E-state index in [9.17, 15) is 13.2 Å². The number of hydrogen-bond donors (Lipinski definition) is 1. The molecule has 0 aromatic heterocycles. The van der Waals surface area contributed by atoms with Crippen molar-refractivity contribution < 1.29 is 17.9 Å². The van der Waals surface area contributed by atoms with Crippen LogP contribution < -0.4 is 14.4 Å². The van der Waals surface area contributed by atoms with E-state index in [0.29, 0.717) is 22.9 Å². The summed E-state index contributed by atoms with van der Waals surface area (Å²) in [4.78, 5) is 13.5. The van der Waals surface area contributed by atoms with Gasteiger partial charge in [0.1, 0.15) is 18.0 Å². The monoisotopic (exact) mass is 442 g/mol. The lowest BCUT2D eigenvalue weighted by Gasteiger charge is -2.22. The summed E-state index contributed by atoms with van der Waals surface area (Å²) in [5, 5.41) is 2.75. The number of carbonyl (C=O) groups excluding carboxylic acids is 1. The molecule has 0 radical (unpaired) electrons. The molecule has 8 heteroatoms. The summed E-state index contributed by atoms with van der Waals surface area (Å²) in [6.07, 6.45) is 3.01. The van der Waals surface area contributed by atoms with Gasteiger partial charge >= 0.3 is 0 Å². The number of nitrogens with one attached hydrogen (secondary N) is 1. The summed E-state index contributed by atoms with van der Waals surface area (Å²) >= 11 is 1.56. The van der Waals surface area contributed by atoms with Crippen molar-refractivity contribution >= 4 is 39.1 Å². The SMILES string of the molecule is CSc1cccc(NC(=O)CN(c2ccc(Oc3ccccc3)cc2)S(C)(=O)=O)c1. The van der Waals surface area contributed by atoms with Crippen LogP contribution in [0.15, 0.2) is 83.8 Å². The highest BCUT2D eigenvalue weighted by molar-refractivity contribution is 7.98. The Morgan fingerprint density at radius 2 is 1.63 bits per heavy atom. The van der Waals surface area contributed by atoms with E-state index in [0.717, 1.165) is 15.5 Å². The van der Waals surface area contributed by atoms with E-state index in [2.05, 4.69) is 5.32 Å². The predicted octanol–water partition coefficient (Wildman–Crippen LogP) is 4.61. The zero-order valence-electron chi connectivity index (χ0n) is 16.6. The number of amides is 1. The molecule has 30 heavy (non-hydrogen) atoms. The van der Waals surface area contributed by atoms with E-state index in [1.54, 1.807) is 42.1 Å². The zero-order valence-corrected chi connectivity index (χ0v) is 18.2. The van der Waals surface area contributed by atoms with Crippen molar-refractivity contribution in [3.05, 3.63) is 78.9 Å². The third kappa shape index (κ3) is 6.01. The molecule has 0 spiro atoms. The molecule has 156 valence electrons. The molecule has 3 aromatic rings. The number of carbonyl (C=O) groups is 1. The first-order valence-electron chi connectivity index (χ1n) is 9.10. The largest absolute Gasteiger partial charge is 0.457 e. The molecular weight excluding hydrogens is 420 g/mol. The van der Waals surface area contributed by atoms with Gasteiger partial charge in [0, 0.05) is 10.6 Å². The van der Waals surface area contributed by atoms with Crippen LogP contribution in [0, 0.1) is 0 Å². The molecule has 3 rings (SSSR count). The van der Waals surface area contributed by atoms with Gasteiger partial charge in [-0.25, -0.2) is 8.42 Å². The van der Waals surface area contributed by atoms with Crippen molar-refractivity contribution in [2.45, 2.75) is 4.90 Å². The number of sulfonamides is 1. The molecule has 6 nitrogen and oxygen atoms in total. The fourth-order valence-corrected chi connectivity index (χ4v) is 4.05. The minimum atomic E-state index is -3.66. The van der Waals surface area contributed by atoms with E-state index >= 15 is 0 Å². The summed E-state index contributed by atoms with van der Waals surface area (Å²) in [5.41, 5.74) is 0.998. The van der Waals surface area contributed by atoms with Crippen molar-refractivity contribution in [2.24, 2.45) is 0 Å².